The monoisotopic (exact) mass is 264 g/mol. The van der Waals surface area contributed by atoms with Gasteiger partial charge in [0.25, 0.3) is 0 Å². The van der Waals surface area contributed by atoms with Crippen molar-refractivity contribution in [1.82, 2.24) is 5.32 Å². The molecule has 0 spiro atoms. The standard InChI is InChI=1S/C14H18NO4/c1-14(2,3)19-13(18)15-11(9-16)8-10-4-6-12(17)7-5-10/h4-7,11,17H,8H2,1-3H3,(H,15,18). The number of amides is 1. The van der Waals surface area contributed by atoms with Crippen LogP contribution in [-0.2, 0) is 16.0 Å². The predicted molar refractivity (Wildman–Crippen MR) is 70.7 cm³/mol. The lowest BCUT2D eigenvalue weighted by molar-refractivity contribution is 0.0517. The molecule has 0 saturated heterocycles. The first kappa shape index (κ1) is 15.0. The summed E-state index contributed by atoms with van der Waals surface area (Å²) in [6.45, 7) is 5.23. The van der Waals surface area contributed by atoms with Crippen LogP contribution in [0.5, 0.6) is 5.75 Å². The third kappa shape index (κ3) is 5.90. The molecule has 1 radical (unpaired) electrons. The number of rotatable bonds is 4. The van der Waals surface area contributed by atoms with E-state index in [1.54, 1.807) is 39.2 Å². The summed E-state index contributed by atoms with van der Waals surface area (Å²) < 4.78 is 5.06. The SMILES string of the molecule is CC(C)(C)OC(=O)NC([C]=O)Cc1ccc(O)cc1. The summed E-state index contributed by atoms with van der Waals surface area (Å²) in [4.78, 5) is 22.4. The van der Waals surface area contributed by atoms with Crippen molar-refractivity contribution < 1.29 is 19.4 Å². The van der Waals surface area contributed by atoms with E-state index in [2.05, 4.69) is 5.32 Å². The zero-order valence-electron chi connectivity index (χ0n) is 11.3. The van der Waals surface area contributed by atoms with E-state index >= 15 is 0 Å². The molecule has 103 valence electrons. The quantitative estimate of drug-likeness (QED) is 0.871. The van der Waals surface area contributed by atoms with Gasteiger partial charge in [0.05, 0.1) is 0 Å². The maximum Gasteiger partial charge on any atom is 0.408 e. The van der Waals surface area contributed by atoms with E-state index in [0.717, 1.165) is 5.56 Å². The maximum atomic E-state index is 11.5. The van der Waals surface area contributed by atoms with E-state index in [0.29, 0.717) is 6.42 Å². The number of phenols is 1. The predicted octanol–water partition coefficient (Wildman–Crippen LogP) is 1.94. The van der Waals surface area contributed by atoms with Gasteiger partial charge in [-0.05, 0) is 38.5 Å². The maximum absolute atomic E-state index is 11.5. The van der Waals surface area contributed by atoms with Crippen molar-refractivity contribution >= 4 is 12.4 Å². The van der Waals surface area contributed by atoms with Crippen LogP contribution < -0.4 is 5.32 Å². The normalized spacial score (nSPS) is 12.6. The molecule has 0 aliphatic rings. The van der Waals surface area contributed by atoms with Gasteiger partial charge in [0.2, 0.25) is 6.29 Å². The number of carbonyl (C=O) groups excluding carboxylic acids is 2. The van der Waals surface area contributed by atoms with Gasteiger partial charge in [-0.1, -0.05) is 12.1 Å². The average molecular weight is 264 g/mol. The summed E-state index contributed by atoms with van der Waals surface area (Å²) in [5.74, 6) is 0.149. The second-order valence-electron chi connectivity index (χ2n) is 5.19. The summed E-state index contributed by atoms with van der Waals surface area (Å²) in [6, 6.07) is 5.61. The third-order valence-electron chi connectivity index (χ3n) is 2.21. The van der Waals surface area contributed by atoms with Crippen molar-refractivity contribution in [2.75, 3.05) is 0 Å². The Balaban J connectivity index is 2.57. The molecule has 1 aromatic rings. The van der Waals surface area contributed by atoms with Crippen molar-refractivity contribution in [3.05, 3.63) is 29.8 Å². The number of ether oxygens (including phenoxy) is 1. The molecule has 2 N–H and O–H groups in total. The Morgan fingerprint density at radius 1 is 1.37 bits per heavy atom. The first-order chi connectivity index (χ1) is 8.80. The summed E-state index contributed by atoms with van der Waals surface area (Å²) in [5, 5.41) is 11.6. The highest BCUT2D eigenvalue weighted by atomic mass is 16.6. The van der Waals surface area contributed by atoms with Crippen LogP contribution >= 0.6 is 0 Å². The second-order valence-corrected chi connectivity index (χ2v) is 5.19. The molecule has 19 heavy (non-hydrogen) atoms. The summed E-state index contributed by atoms with van der Waals surface area (Å²) in [5.41, 5.74) is 0.193. The zero-order valence-corrected chi connectivity index (χ0v) is 11.3. The largest absolute Gasteiger partial charge is 0.508 e. The number of hydrogen-bond acceptors (Lipinski definition) is 4. The van der Waals surface area contributed by atoms with Crippen LogP contribution in [0, 0.1) is 0 Å². The van der Waals surface area contributed by atoms with E-state index in [1.165, 1.54) is 12.1 Å². The van der Waals surface area contributed by atoms with Crippen LogP contribution in [0.25, 0.3) is 0 Å². The highest BCUT2D eigenvalue weighted by Gasteiger charge is 2.19. The van der Waals surface area contributed by atoms with Crippen LogP contribution in [-0.4, -0.2) is 29.1 Å². The number of phenolic OH excluding ortho intramolecular Hbond substituents is 1. The van der Waals surface area contributed by atoms with E-state index in [4.69, 9.17) is 9.84 Å². The fraction of sp³-hybridized carbons (Fsp3) is 0.429. The van der Waals surface area contributed by atoms with Crippen LogP contribution in [0.3, 0.4) is 0 Å². The van der Waals surface area contributed by atoms with E-state index < -0.39 is 17.7 Å². The Hall–Kier alpha value is -2.04. The van der Waals surface area contributed by atoms with Gasteiger partial charge < -0.3 is 15.2 Å². The average Bonchev–Trinajstić information content (AvgIpc) is 2.28. The summed E-state index contributed by atoms with van der Waals surface area (Å²) in [6.07, 6.45) is 1.40. The molecule has 0 aromatic heterocycles. The lowest BCUT2D eigenvalue weighted by atomic mass is 10.1. The molecule has 1 rings (SSSR count). The summed E-state index contributed by atoms with van der Waals surface area (Å²) >= 11 is 0. The van der Waals surface area contributed by atoms with Crippen molar-refractivity contribution in [3.63, 3.8) is 0 Å². The number of alkyl carbamates (subject to hydrolysis) is 1. The van der Waals surface area contributed by atoms with Crippen molar-refractivity contribution in [2.24, 2.45) is 0 Å². The molecule has 1 amide bonds. The highest BCUT2D eigenvalue weighted by Crippen LogP contribution is 2.11. The Labute approximate surface area is 112 Å². The van der Waals surface area contributed by atoms with Gasteiger partial charge in [0.1, 0.15) is 17.4 Å². The van der Waals surface area contributed by atoms with Gasteiger partial charge in [-0.15, -0.1) is 0 Å². The molecule has 0 heterocycles. The van der Waals surface area contributed by atoms with Gasteiger partial charge in [-0.2, -0.15) is 0 Å². The molecule has 1 aromatic carbocycles. The minimum Gasteiger partial charge on any atom is -0.508 e. The molecular weight excluding hydrogens is 246 g/mol. The third-order valence-corrected chi connectivity index (χ3v) is 2.21. The van der Waals surface area contributed by atoms with E-state index in [1.807, 2.05) is 0 Å². The van der Waals surface area contributed by atoms with Crippen molar-refractivity contribution in [1.29, 1.82) is 0 Å². The van der Waals surface area contributed by atoms with Crippen LogP contribution in [0.1, 0.15) is 26.3 Å². The molecule has 0 bridgehead atoms. The van der Waals surface area contributed by atoms with Crippen LogP contribution in [0.15, 0.2) is 24.3 Å². The number of benzene rings is 1. The smallest absolute Gasteiger partial charge is 0.408 e. The lowest BCUT2D eigenvalue weighted by Crippen LogP contribution is -2.41. The topological polar surface area (TPSA) is 75.6 Å². The Kier molecular flexibility index (Phi) is 4.92. The van der Waals surface area contributed by atoms with Gasteiger partial charge in [-0.3, -0.25) is 4.79 Å². The fourth-order valence-electron chi connectivity index (χ4n) is 1.44. The number of aromatic hydroxyl groups is 1. The van der Waals surface area contributed by atoms with Gasteiger partial charge in [0.15, 0.2) is 0 Å². The van der Waals surface area contributed by atoms with Gasteiger partial charge in [-0.25, -0.2) is 4.79 Å². The minimum absolute atomic E-state index is 0.149. The molecule has 5 nitrogen and oxygen atoms in total. The molecule has 1 unspecified atom stereocenters. The minimum atomic E-state index is -0.778. The Morgan fingerprint density at radius 2 is 1.95 bits per heavy atom. The number of carbonyl (C=O) groups is 1. The second kappa shape index (κ2) is 6.22. The van der Waals surface area contributed by atoms with Gasteiger partial charge in [0, 0.05) is 6.42 Å². The molecule has 0 aliphatic carbocycles. The molecule has 5 heteroatoms. The zero-order chi connectivity index (χ0) is 14.5. The number of hydrogen-bond donors (Lipinski definition) is 2. The summed E-state index contributed by atoms with van der Waals surface area (Å²) in [7, 11) is 0. The fourth-order valence-corrected chi connectivity index (χ4v) is 1.44. The molecule has 0 fully saturated rings. The first-order valence-electron chi connectivity index (χ1n) is 5.95. The van der Waals surface area contributed by atoms with Crippen molar-refractivity contribution in [3.8, 4) is 5.75 Å². The van der Waals surface area contributed by atoms with E-state index in [-0.39, 0.29) is 5.75 Å². The Bertz CT molecular complexity index is 434. The molecule has 1 atom stereocenters. The van der Waals surface area contributed by atoms with Crippen LogP contribution in [0.4, 0.5) is 4.79 Å². The van der Waals surface area contributed by atoms with Crippen molar-refractivity contribution in [2.45, 2.75) is 38.8 Å². The number of nitrogens with one attached hydrogen (secondary N) is 1. The molecule has 0 saturated carbocycles. The van der Waals surface area contributed by atoms with Gasteiger partial charge >= 0.3 is 6.09 Å². The van der Waals surface area contributed by atoms with E-state index in [9.17, 15) is 9.59 Å². The van der Waals surface area contributed by atoms with Crippen LogP contribution in [0.2, 0.25) is 0 Å². The Morgan fingerprint density at radius 3 is 2.42 bits per heavy atom. The highest BCUT2D eigenvalue weighted by molar-refractivity contribution is 5.73. The molecular formula is C14H18NO4. The lowest BCUT2D eigenvalue weighted by Gasteiger charge is -2.21. The molecule has 0 aliphatic heterocycles. The first-order valence-corrected chi connectivity index (χ1v) is 5.95.